The van der Waals surface area contributed by atoms with Crippen LogP contribution in [0, 0.1) is 16.0 Å². The summed E-state index contributed by atoms with van der Waals surface area (Å²) in [5, 5.41) is 12.6. The smallest absolute Gasteiger partial charge is 0.314 e. The highest BCUT2D eigenvalue weighted by molar-refractivity contribution is 7.93. The van der Waals surface area contributed by atoms with Crippen LogP contribution >= 0.6 is 0 Å². The van der Waals surface area contributed by atoms with Crippen LogP contribution in [0.4, 0.5) is 11.4 Å². The zero-order valence-corrected chi connectivity index (χ0v) is 21.6. The van der Waals surface area contributed by atoms with E-state index < -0.39 is 44.8 Å². The van der Waals surface area contributed by atoms with Crippen LogP contribution in [0.3, 0.4) is 0 Å². The van der Waals surface area contributed by atoms with E-state index in [1.54, 1.807) is 67.6 Å². The van der Waals surface area contributed by atoms with E-state index in [-0.39, 0.29) is 17.9 Å². The van der Waals surface area contributed by atoms with E-state index in [2.05, 4.69) is 0 Å². The van der Waals surface area contributed by atoms with Gasteiger partial charge in [0, 0.05) is 17.8 Å². The first kappa shape index (κ1) is 28.1. The van der Waals surface area contributed by atoms with Crippen molar-refractivity contribution in [3.63, 3.8) is 0 Å². The zero-order chi connectivity index (χ0) is 27.7. The number of hydrogen-bond acceptors (Lipinski definition) is 7. The quantitative estimate of drug-likeness (QED) is 0.222. The molecule has 198 valence electrons. The van der Waals surface area contributed by atoms with Crippen molar-refractivity contribution in [2.24, 2.45) is 5.92 Å². The maximum absolute atomic E-state index is 13.7. The average Bonchev–Trinajstić information content (AvgIpc) is 2.91. The molecule has 0 spiro atoms. The van der Waals surface area contributed by atoms with Gasteiger partial charge in [-0.15, -0.1) is 0 Å². The van der Waals surface area contributed by atoms with Gasteiger partial charge in [0.1, 0.15) is 5.92 Å². The number of carbonyl (C=O) groups is 2. The van der Waals surface area contributed by atoms with Crippen molar-refractivity contribution in [3.8, 4) is 5.75 Å². The molecule has 0 radical (unpaired) electrons. The number of nitrogens with one attached hydrogen (secondary N) is 1. The van der Waals surface area contributed by atoms with Gasteiger partial charge in [-0.25, -0.2) is 13.1 Å². The van der Waals surface area contributed by atoms with Crippen LogP contribution in [0.15, 0.2) is 84.3 Å². The van der Waals surface area contributed by atoms with Crippen molar-refractivity contribution in [2.75, 3.05) is 18.6 Å². The number of benzene rings is 3. The average molecular weight is 538 g/mol. The third-order valence-electron chi connectivity index (χ3n) is 5.66. The molecule has 1 unspecified atom stereocenters. The molecule has 0 aliphatic rings. The molecule has 10 nitrogen and oxygen atoms in total. The number of nitrogens with zero attached hydrogens (tertiary/aromatic N) is 2. The van der Waals surface area contributed by atoms with Crippen molar-refractivity contribution in [3.05, 3.63) is 106 Å². The van der Waals surface area contributed by atoms with Crippen molar-refractivity contribution in [1.29, 1.82) is 0 Å². The van der Waals surface area contributed by atoms with Crippen molar-refractivity contribution in [2.45, 2.75) is 13.3 Å². The molecule has 11 heteroatoms. The minimum absolute atomic E-state index is 0.0455. The number of methoxy groups -OCH3 is 1. The number of hydrogen-bond donors (Lipinski definition) is 1. The summed E-state index contributed by atoms with van der Waals surface area (Å²) in [6.45, 7) is 1.88. The molecule has 38 heavy (non-hydrogen) atoms. The molecule has 2 amide bonds. The third-order valence-corrected chi connectivity index (χ3v) is 6.64. The number of amides is 2. The molecule has 3 aromatic carbocycles. The normalized spacial score (nSPS) is 12.1. The van der Waals surface area contributed by atoms with E-state index in [4.69, 9.17) is 4.74 Å². The van der Waals surface area contributed by atoms with Crippen molar-refractivity contribution < 1.29 is 27.7 Å². The Morgan fingerprint density at radius 2 is 1.66 bits per heavy atom. The Balaban J connectivity index is 1.99. The highest BCUT2D eigenvalue weighted by Crippen LogP contribution is 2.33. The molecule has 0 saturated heterocycles. The minimum atomic E-state index is -4.30. The Morgan fingerprint density at radius 3 is 2.24 bits per heavy atom. The second kappa shape index (κ2) is 12.6. The van der Waals surface area contributed by atoms with Gasteiger partial charge in [-0.1, -0.05) is 60.7 Å². The van der Waals surface area contributed by atoms with Gasteiger partial charge >= 0.3 is 5.69 Å². The minimum Gasteiger partial charge on any atom is -0.490 e. The van der Waals surface area contributed by atoms with Crippen molar-refractivity contribution >= 4 is 39.3 Å². The highest BCUT2D eigenvalue weighted by Gasteiger charge is 2.35. The number of anilines is 1. The van der Waals surface area contributed by atoms with Crippen LogP contribution in [0.1, 0.15) is 18.1 Å². The number of sulfonamides is 1. The molecular weight excluding hydrogens is 510 g/mol. The summed E-state index contributed by atoms with van der Waals surface area (Å²) in [7, 11) is -3.03. The molecule has 0 aliphatic carbocycles. The lowest BCUT2D eigenvalue weighted by Gasteiger charge is -2.26. The van der Waals surface area contributed by atoms with Gasteiger partial charge < -0.3 is 9.64 Å². The zero-order valence-electron chi connectivity index (χ0n) is 20.8. The standard InChI is InChI=1S/C27H27N3O7S/c1-3-29(22-14-8-5-9-15-22)27(32)23(19-21-13-10-16-24(37-2)25(21)30(33)34)26(31)28-38(35,36)18-17-20-11-6-4-7-12-20/h4-18,23H,3,19H2,1-2H3,(H,28,31)/b18-17+. The summed E-state index contributed by atoms with van der Waals surface area (Å²) in [4.78, 5) is 39.5. The second-order valence-electron chi connectivity index (χ2n) is 8.12. The molecule has 0 fully saturated rings. The van der Waals surface area contributed by atoms with Gasteiger partial charge in [0.15, 0.2) is 5.75 Å². The lowest BCUT2D eigenvalue weighted by Crippen LogP contribution is -2.46. The molecule has 0 saturated carbocycles. The SMILES string of the molecule is CCN(C(=O)C(Cc1cccc(OC)c1[N+](=O)[O-])C(=O)NS(=O)(=O)/C=C/c1ccccc1)c1ccccc1. The number of rotatable bonds is 11. The predicted octanol–water partition coefficient (Wildman–Crippen LogP) is 3.93. The summed E-state index contributed by atoms with van der Waals surface area (Å²) in [5.74, 6) is -3.47. The van der Waals surface area contributed by atoms with Crippen LogP contribution in [-0.2, 0) is 26.0 Å². The summed E-state index contributed by atoms with van der Waals surface area (Å²) >= 11 is 0. The monoisotopic (exact) mass is 537 g/mol. The first-order chi connectivity index (χ1) is 18.2. The number of nitro groups is 1. The number of ether oxygens (including phenoxy) is 1. The molecule has 0 aliphatic heterocycles. The maximum Gasteiger partial charge on any atom is 0.314 e. The van der Waals surface area contributed by atoms with Gasteiger partial charge in [0.2, 0.25) is 11.8 Å². The first-order valence-electron chi connectivity index (χ1n) is 11.6. The van der Waals surface area contributed by atoms with Crippen molar-refractivity contribution in [1.82, 2.24) is 4.72 Å². The lowest BCUT2D eigenvalue weighted by atomic mass is 9.95. The Labute approximate surface area is 220 Å². The first-order valence-corrected chi connectivity index (χ1v) is 13.2. The van der Waals surface area contributed by atoms with Crippen LogP contribution in [-0.4, -0.2) is 38.8 Å². The number of para-hydroxylation sites is 2. The second-order valence-corrected chi connectivity index (χ2v) is 9.69. The number of carbonyl (C=O) groups excluding carboxylic acids is 2. The summed E-state index contributed by atoms with van der Waals surface area (Å²) in [6.07, 6.45) is 0.876. The summed E-state index contributed by atoms with van der Waals surface area (Å²) in [6, 6.07) is 21.4. The van der Waals surface area contributed by atoms with Gasteiger partial charge in [-0.05, 0) is 43.2 Å². The Hall–Kier alpha value is -4.51. The fourth-order valence-electron chi connectivity index (χ4n) is 3.86. The molecule has 1 atom stereocenters. The topological polar surface area (TPSA) is 136 Å². The van der Waals surface area contributed by atoms with Gasteiger partial charge in [-0.2, -0.15) is 0 Å². The molecule has 3 rings (SSSR count). The van der Waals surface area contributed by atoms with Crippen LogP contribution in [0.25, 0.3) is 6.08 Å². The van der Waals surface area contributed by atoms with Crippen LogP contribution in [0.2, 0.25) is 0 Å². The van der Waals surface area contributed by atoms with E-state index >= 15 is 0 Å². The predicted molar refractivity (Wildman–Crippen MR) is 144 cm³/mol. The molecule has 3 aromatic rings. The molecule has 0 bridgehead atoms. The Morgan fingerprint density at radius 1 is 1.03 bits per heavy atom. The molecule has 0 aromatic heterocycles. The molecular formula is C27H27N3O7S. The van der Waals surface area contributed by atoms with E-state index in [0.29, 0.717) is 11.3 Å². The van der Waals surface area contributed by atoms with Gasteiger partial charge in [0.05, 0.1) is 17.4 Å². The van der Waals surface area contributed by atoms with Crippen LogP contribution in [0.5, 0.6) is 5.75 Å². The molecule has 1 N–H and O–H groups in total. The third kappa shape index (κ3) is 7.04. The summed E-state index contributed by atoms with van der Waals surface area (Å²) < 4.78 is 32.4. The van der Waals surface area contributed by atoms with Gasteiger partial charge in [0.25, 0.3) is 10.0 Å². The van der Waals surface area contributed by atoms with E-state index in [1.807, 2.05) is 4.72 Å². The fourth-order valence-corrected chi connectivity index (χ4v) is 4.68. The number of nitro benzene ring substituents is 1. The lowest BCUT2D eigenvalue weighted by molar-refractivity contribution is -0.386. The highest BCUT2D eigenvalue weighted by atomic mass is 32.2. The fraction of sp³-hybridized carbons (Fsp3) is 0.185. The van der Waals surface area contributed by atoms with Crippen LogP contribution < -0.4 is 14.4 Å². The maximum atomic E-state index is 13.7. The summed E-state index contributed by atoms with van der Waals surface area (Å²) in [5.41, 5.74) is 0.718. The largest absolute Gasteiger partial charge is 0.490 e. The Kier molecular flexibility index (Phi) is 9.33. The molecule has 0 heterocycles. The van der Waals surface area contributed by atoms with Gasteiger partial charge in [-0.3, -0.25) is 19.7 Å². The van der Waals surface area contributed by atoms with E-state index in [1.165, 1.54) is 36.3 Å². The van der Waals surface area contributed by atoms with E-state index in [9.17, 15) is 28.1 Å². The Bertz CT molecular complexity index is 1430. The van der Waals surface area contributed by atoms with E-state index in [0.717, 1.165) is 5.41 Å².